The average molecular weight is 1060 g/mol. The molecule has 0 aromatic heterocycles. The molecule has 1 heterocycles. The van der Waals surface area contributed by atoms with E-state index in [0.29, 0.717) is 19.3 Å². The van der Waals surface area contributed by atoms with Crippen molar-refractivity contribution in [2.75, 3.05) is 13.2 Å². The van der Waals surface area contributed by atoms with Crippen molar-refractivity contribution < 1.29 is 58.2 Å². The first-order valence-corrected chi connectivity index (χ1v) is 31.3. The van der Waals surface area contributed by atoms with E-state index in [2.05, 4.69) is 45.1 Å². The number of aliphatic hydroxyl groups excluding tert-OH is 2. The van der Waals surface area contributed by atoms with Gasteiger partial charge in [0.2, 0.25) is 0 Å². The van der Waals surface area contributed by atoms with E-state index in [-0.39, 0.29) is 25.9 Å². The summed E-state index contributed by atoms with van der Waals surface area (Å²) in [6.45, 7) is 5.98. The summed E-state index contributed by atoms with van der Waals surface area (Å²) in [6, 6.07) is 0. The summed E-state index contributed by atoms with van der Waals surface area (Å²) >= 11 is 0. The number of carboxylic acids is 1. The van der Waals surface area contributed by atoms with E-state index in [1.54, 1.807) is 0 Å². The minimum absolute atomic E-state index is 0.0673. The van der Waals surface area contributed by atoms with Gasteiger partial charge in [-0.05, 0) is 51.4 Å². The Labute approximate surface area is 458 Å². The van der Waals surface area contributed by atoms with Crippen LogP contribution in [0, 0.1) is 0 Å². The molecule has 1 aliphatic heterocycles. The maximum absolute atomic E-state index is 13.1. The molecule has 1 saturated heterocycles. The molecule has 438 valence electrons. The van der Waals surface area contributed by atoms with Crippen LogP contribution in [0.2, 0.25) is 0 Å². The van der Waals surface area contributed by atoms with Gasteiger partial charge in [0, 0.05) is 19.3 Å². The molecule has 1 fully saturated rings. The number of aliphatic carboxylic acids is 1. The summed E-state index contributed by atoms with van der Waals surface area (Å²) < 4.78 is 28.4. The second-order valence-corrected chi connectivity index (χ2v) is 21.7. The van der Waals surface area contributed by atoms with Gasteiger partial charge in [0.05, 0.1) is 6.61 Å². The summed E-state index contributed by atoms with van der Waals surface area (Å²) in [7, 11) is 0. The Bertz CT molecular complexity index is 1400. The van der Waals surface area contributed by atoms with Crippen LogP contribution in [0.3, 0.4) is 0 Å². The molecule has 12 heteroatoms. The first kappa shape index (κ1) is 70.2. The SMILES string of the molecule is CCCCC/C=C\C/C=C\CCCCCCCCCC(=O)OCC(COC1OC(C(=O)O)C(O)C(O)C1OC(=O)CCCCCCCCCCCCCCCCCCCCC)OC(=O)CCCCCCCCCCC. The van der Waals surface area contributed by atoms with Gasteiger partial charge in [-0.2, -0.15) is 0 Å². The van der Waals surface area contributed by atoms with E-state index in [1.165, 1.54) is 167 Å². The predicted octanol–water partition coefficient (Wildman–Crippen LogP) is 16.2. The van der Waals surface area contributed by atoms with Crippen LogP contribution in [0.1, 0.15) is 303 Å². The first-order valence-electron chi connectivity index (χ1n) is 31.3. The lowest BCUT2D eigenvalue weighted by molar-refractivity contribution is -0.301. The molecule has 1 rings (SSSR count). The molecular weight excluding hydrogens is 949 g/mol. The Morgan fingerprint density at radius 2 is 0.800 bits per heavy atom. The maximum Gasteiger partial charge on any atom is 0.335 e. The molecule has 0 amide bonds. The van der Waals surface area contributed by atoms with Crippen LogP contribution in [0.4, 0.5) is 0 Å². The van der Waals surface area contributed by atoms with Crippen LogP contribution in [-0.4, -0.2) is 89.2 Å². The Hall–Kier alpha value is -2.80. The normalized spacial score (nSPS) is 18.2. The van der Waals surface area contributed by atoms with Gasteiger partial charge in [-0.3, -0.25) is 14.4 Å². The standard InChI is InChI=1S/C63H114O12/c1-4-7-10-13-16-19-21-23-25-27-28-30-32-34-36-39-42-45-48-51-57(66)74-61-59(68)58(67)60(62(69)70)75-63(61)72-53-54(73-56(65)50-47-44-41-37-18-15-12-9-6-3)52-71-55(64)49-46-43-40-38-35-33-31-29-26-24-22-20-17-14-11-8-5-2/h17,20,24,26,54,58-61,63,67-68H,4-16,18-19,21-23,25,27-53H2,1-3H3,(H,69,70)/b20-17-,26-24-. The number of ether oxygens (including phenoxy) is 5. The van der Waals surface area contributed by atoms with Crippen molar-refractivity contribution in [2.24, 2.45) is 0 Å². The van der Waals surface area contributed by atoms with Gasteiger partial charge in [0.25, 0.3) is 0 Å². The second kappa shape index (κ2) is 51.9. The van der Waals surface area contributed by atoms with Gasteiger partial charge < -0.3 is 39.0 Å². The fourth-order valence-corrected chi connectivity index (χ4v) is 9.69. The lowest BCUT2D eigenvalue weighted by Crippen LogP contribution is -2.61. The highest BCUT2D eigenvalue weighted by molar-refractivity contribution is 5.74. The number of esters is 3. The van der Waals surface area contributed by atoms with Crippen molar-refractivity contribution >= 4 is 23.9 Å². The number of aliphatic hydroxyl groups is 2. The lowest BCUT2D eigenvalue weighted by atomic mass is 9.98. The molecule has 12 nitrogen and oxygen atoms in total. The van der Waals surface area contributed by atoms with Gasteiger partial charge in [-0.25, -0.2) is 4.79 Å². The van der Waals surface area contributed by atoms with Crippen LogP contribution < -0.4 is 0 Å². The third-order valence-corrected chi connectivity index (χ3v) is 14.5. The molecular formula is C63H114O12. The second-order valence-electron chi connectivity index (χ2n) is 21.7. The van der Waals surface area contributed by atoms with E-state index < -0.39 is 67.3 Å². The zero-order valence-corrected chi connectivity index (χ0v) is 48.3. The monoisotopic (exact) mass is 1060 g/mol. The zero-order chi connectivity index (χ0) is 54.7. The lowest BCUT2D eigenvalue weighted by Gasteiger charge is -2.40. The van der Waals surface area contributed by atoms with E-state index in [1.807, 2.05) is 0 Å². The molecule has 75 heavy (non-hydrogen) atoms. The number of carbonyl (C=O) groups excluding carboxylic acids is 3. The Kier molecular flexibility index (Phi) is 48.6. The minimum atomic E-state index is -1.90. The highest BCUT2D eigenvalue weighted by Crippen LogP contribution is 2.27. The summed E-state index contributed by atoms with van der Waals surface area (Å²) in [5.74, 6) is -3.10. The van der Waals surface area contributed by atoms with Crippen molar-refractivity contribution in [3.05, 3.63) is 24.3 Å². The van der Waals surface area contributed by atoms with Crippen molar-refractivity contribution in [1.29, 1.82) is 0 Å². The Balaban J connectivity index is 2.59. The smallest absolute Gasteiger partial charge is 0.335 e. The summed E-state index contributed by atoms with van der Waals surface area (Å²) in [5.41, 5.74) is 0. The molecule has 0 saturated carbocycles. The summed E-state index contributed by atoms with van der Waals surface area (Å²) in [4.78, 5) is 51.1. The molecule has 1 aliphatic rings. The van der Waals surface area contributed by atoms with Crippen LogP contribution in [-0.2, 0) is 42.9 Å². The third kappa shape index (κ3) is 41.9. The van der Waals surface area contributed by atoms with E-state index >= 15 is 0 Å². The van der Waals surface area contributed by atoms with Crippen LogP contribution >= 0.6 is 0 Å². The van der Waals surface area contributed by atoms with Crippen molar-refractivity contribution in [2.45, 2.75) is 340 Å². The molecule has 0 radical (unpaired) electrons. The molecule has 0 spiro atoms. The predicted molar refractivity (Wildman–Crippen MR) is 303 cm³/mol. The number of hydrogen-bond acceptors (Lipinski definition) is 11. The number of hydrogen-bond donors (Lipinski definition) is 3. The quantitative estimate of drug-likeness (QED) is 0.0228. The topological polar surface area (TPSA) is 175 Å². The molecule has 3 N–H and O–H groups in total. The third-order valence-electron chi connectivity index (χ3n) is 14.5. The minimum Gasteiger partial charge on any atom is -0.479 e. The van der Waals surface area contributed by atoms with Gasteiger partial charge >= 0.3 is 23.9 Å². The molecule has 0 aromatic carbocycles. The molecule has 0 aliphatic carbocycles. The highest BCUT2D eigenvalue weighted by Gasteiger charge is 2.50. The maximum atomic E-state index is 13.1. The molecule has 0 bridgehead atoms. The van der Waals surface area contributed by atoms with Crippen LogP contribution in [0.25, 0.3) is 0 Å². The van der Waals surface area contributed by atoms with Gasteiger partial charge in [-0.15, -0.1) is 0 Å². The number of unbranched alkanes of at least 4 members (excludes halogenated alkanes) is 36. The van der Waals surface area contributed by atoms with Gasteiger partial charge in [0.1, 0.15) is 18.8 Å². The number of allylic oxidation sites excluding steroid dienone is 4. The van der Waals surface area contributed by atoms with Gasteiger partial charge in [0.15, 0.2) is 24.6 Å². The summed E-state index contributed by atoms with van der Waals surface area (Å²) in [5, 5.41) is 31.5. The Morgan fingerprint density at radius 3 is 1.23 bits per heavy atom. The summed E-state index contributed by atoms with van der Waals surface area (Å²) in [6.07, 6.45) is 47.3. The van der Waals surface area contributed by atoms with Crippen molar-refractivity contribution in [3.8, 4) is 0 Å². The number of rotatable bonds is 54. The first-order chi connectivity index (χ1) is 36.6. The van der Waals surface area contributed by atoms with E-state index in [4.69, 9.17) is 23.7 Å². The molecule has 6 atom stereocenters. The van der Waals surface area contributed by atoms with Gasteiger partial charge in [-0.1, -0.05) is 257 Å². The average Bonchev–Trinajstić information content (AvgIpc) is 3.39. The largest absolute Gasteiger partial charge is 0.479 e. The van der Waals surface area contributed by atoms with Crippen LogP contribution in [0.15, 0.2) is 24.3 Å². The van der Waals surface area contributed by atoms with Crippen LogP contribution in [0.5, 0.6) is 0 Å². The fraction of sp³-hybridized carbons (Fsp3) is 0.873. The Morgan fingerprint density at radius 1 is 0.440 bits per heavy atom. The van der Waals surface area contributed by atoms with Crippen molar-refractivity contribution in [3.63, 3.8) is 0 Å². The number of carboxylic acid groups (broad SMARTS) is 1. The molecule has 0 aromatic rings. The van der Waals surface area contributed by atoms with Crippen molar-refractivity contribution in [1.82, 2.24) is 0 Å². The fourth-order valence-electron chi connectivity index (χ4n) is 9.69. The zero-order valence-electron chi connectivity index (χ0n) is 48.3. The highest BCUT2D eigenvalue weighted by atomic mass is 16.7. The number of carbonyl (C=O) groups is 4. The van der Waals surface area contributed by atoms with E-state index in [0.717, 1.165) is 77.0 Å². The van der Waals surface area contributed by atoms with E-state index in [9.17, 15) is 34.5 Å². The molecule has 6 unspecified atom stereocenters.